The Morgan fingerprint density at radius 2 is 2.46 bits per heavy atom. The van der Waals surface area contributed by atoms with Crippen LogP contribution in [0.4, 0.5) is 0 Å². The van der Waals surface area contributed by atoms with Gasteiger partial charge in [-0.2, -0.15) is 0 Å². The maximum absolute atomic E-state index is 11.3. The van der Waals surface area contributed by atoms with Gasteiger partial charge in [-0.05, 0) is 6.42 Å². The van der Waals surface area contributed by atoms with Gasteiger partial charge >= 0.3 is 0 Å². The Morgan fingerprint density at radius 1 is 1.69 bits per heavy atom. The van der Waals surface area contributed by atoms with Crippen LogP contribution >= 0.6 is 0 Å². The monoisotopic (exact) mass is 187 g/mol. The van der Waals surface area contributed by atoms with E-state index in [0.717, 1.165) is 13.1 Å². The molecule has 0 aliphatic carbocycles. The van der Waals surface area contributed by atoms with Crippen LogP contribution in [-0.4, -0.2) is 54.7 Å². The standard InChI is InChI=1S/C8H17N3O2/c9-7(6-12)1-3-11-4-2-10-5-8(11)13/h7,10,12H,1-6,9H2. The molecule has 1 heterocycles. The van der Waals surface area contributed by atoms with E-state index in [9.17, 15) is 4.79 Å². The fourth-order valence-corrected chi connectivity index (χ4v) is 1.30. The topological polar surface area (TPSA) is 78.6 Å². The minimum atomic E-state index is -0.206. The van der Waals surface area contributed by atoms with Gasteiger partial charge in [0.05, 0.1) is 13.2 Å². The maximum Gasteiger partial charge on any atom is 0.236 e. The zero-order valence-corrected chi connectivity index (χ0v) is 7.70. The molecular weight excluding hydrogens is 170 g/mol. The molecule has 0 aromatic rings. The lowest BCUT2D eigenvalue weighted by molar-refractivity contribution is -0.132. The van der Waals surface area contributed by atoms with Gasteiger partial charge in [-0.15, -0.1) is 0 Å². The number of aliphatic hydroxyl groups is 1. The van der Waals surface area contributed by atoms with Gasteiger partial charge in [0, 0.05) is 25.7 Å². The lowest BCUT2D eigenvalue weighted by atomic mass is 10.2. The SMILES string of the molecule is NC(CO)CCN1CCNCC1=O. The highest BCUT2D eigenvalue weighted by Gasteiger charge is 2.17. The Balaban J connectivity index is 2.22. The van der Waals surface area contributed by atoms with E-state index in [2.05, 4.69) is 5.32 Å². The summed E-state index contributed by atoms with van der Waals surface area (Å²) in [6.45, 7) is 2.66. The number of nitrogens with zero attached hydrogens (tertiary/aromatic N) is 1. The van der Waals surface area contributed by atoms with Gasteiger partial charge in [-0.1, -0.05) is 0 Å². The van der Waals surface area contributed by atoms with Crippen molar-refractivity contribution >= 4 is 5.91 Å². The van der Waals surface area contributed by atoms with E-state index < -0.39 is 0 Å². The van der Waals surface area contributed by atoms with Crippen LogP contribution in [0, 0.1) is 0 Å². The number of amides is 1. The molecular formula is C8H17N3O2. The van der Waals surface area contributed by atoms with Crippen LogP contribution in [0.5, 0.6) is 0 Å². The van der Waals surface area contributed by atoms with Crippen molar-refractivity contribution in [3.8, 4) is 0 Å². The molecule has 0 spiro atoms. The van der Waals surface area contributed by atoms with Gasteiger partial charge in [0.1, 0.15) is 0 Å². The van der Waals surface area contributed by atoms with Crippen LogP contribution in [0.15, 0.2) is 0 Å². The van der Waals surface area contributed by atoms with Crippen molar-refractivity contribution in [2.24, 2.45) is 5.73 Å². The van der Waals surface area contributed by atoms with Gasteiger partial charge in [-0.3, -0.25) is 4.79 Å². The number of nitrogens with one attached hydrogen (secondary N) is 1. The van der Waals surface area contributed by atoms with E-state index in [4.69, 9.17) is 10.8 Å². The van der Waals surface area contributed by atoms with Crippen LogP contribution < -0.4 is 11.1 Å². The van der Waals surface area contributed by atoms with E-state index >= 15 is 0 Å². The first kappa shape index (κ1) is 10.4. The van der Waals surface area contributed by atoms with Gasteiger partial charge in [0.15, 0.2) is 0 Å². The second-order valence-corrected chi connectivity index (χ2v) is 3.29. The highest BCUT2D eigenvalue weighted by molar-refractivity contribution is 5.78. The lowest BCUT2D eigenvalue weighted by Crippen LogP contribution is -2.49. The fraction of sp³-hybridized carbons (Fsp3) is 0.875. The molecule has 0 aromatic heterocycles. The molecule has 4 N–H and O–H groups in total. The van der Waals surface area contributed by atoms with Crippen molar-refractivity contribution in [1.82, 2.24) is 10.2 Å². The number of rotatable bonds is 4. The van der Waals surface area contributed by atoms with E-state index in [0.29, 0.717) is 19.5 Å². The number of piperazine rings is 1. The Morgan fingerprint density at radius 3 is 3.08 bits per heavy atom. The first-order valence-corrected chi connectivity index (χ1v) is 4.59. The number of hydrogen-bond acceptors (Lipinski definition) is 4. The van der Waals surface area contributed by atoms with Crippen molar-refractivity contribution in [3.05, 3.63) is 0 Å². The second-order valence-electron chi connectivity index (χ2n) is 3.29. The van der Waals surface area contributed by atoms with Gasteiger partial charge < -0.3 is 21.1 Å². The van der Waals surface area contributed by atoms with Crippen LogP contribution in [0.3, 0.4) is 0 Å². The Labute approximate surface area is 77.9 Å². The third-order valence-electron chi connectivity index (χ3n) is 2.19. The van der Waals surface area contributed by atoms with Crippen LogP contribution in [0.1, 0.15) is 6.42 Å². The number of hydrogen-bond donors (Lipinski definition) is 3. The second kappa shape index (κ2) is 5.16. The molecule has 1 atom stereocenters. The molecule has 1 unspecified atom stereocenters. The molecule has 0 saturated carbocycles. The van der Waals surface area contributed by atoms with Crippen molar-refractivity contribution in [1.29, 1.82) is 0 Å². The van der Waals surface area contributed by atoms with Gasteiger partial charge in [0.25, 0.3) is 0 Å². The predicted molar refractivity (Wildman–Crippen MR) is 49.1 cm³/mol. The lowest BCUT2D eigenvalue weighted by Gasteiger charge is -2.28. The molecule has 1 aliphatic heterocycles. The minimum Gasteiger partial charge on any atom is -0.395 e. The molecule has 13 heavy (non-hydrogen) atoms. The molecule has 1 fully saturated rings. The molecule has 5 heteroatoms. The summed E-state index contributed by atoms with van der Waals surface area (Å²) in [5.74, 6) is 0.122. The van der Waals surface area contributed by atoms with Gasteiger partial charge in [-0.25, -0.2) is 0 Å². The first-order chi connectivity index (χ1) is 6.24. The van der Waals surface area contributed by atoms with Crippen LogP contribution in [0.2, 0.25) is 0 Å². The van der Waals surface area contributed by atoms with E-state index in [1.807, 2.05) is 0 Å². The largest absolute Gasteiger partial charge is 0.395 e. The summed E-state index contributed by atoms with van der Waals surface area (Å²) in [6.07, 6.45) is 0.669. The molecule has 0 aromatic carbocycles. The van der Waals surface area contributed by atoms with E-state index in [-0.39, 0.29) is 18.6 Å². The highest BCUT2D eigenvalue weighted by atomic mass is 16.3. The van der Waals surface area contributed by atoms with Crippen molar-refractivity contribution < 1.29 is 9.90 Å². The third-order valence-corrected chi connectivity index (χ3v) is 2.19. The highest BCUT2D eigenvalue weighted by Crippen LogP contribution is 1.97. The quantitative estimate of drug-likeness (QED) is 0.482. The molecule has 1 aliphatic rings. The molecule has 5 nitrogen and oxygen atoms in total. The summed E-state index contributed by atoms with van der Waals surface area (Å²) in [5.41, 5.74) is 5.53. The van der Waals surface area contributed by atoms with E-state index in [1.54, 1.807) is 4.90 Å². The summed E-state index contributed by atoms with van der Waals surface area (Å²) in [6, 6.07) is -0.206. The Hall–Kier alpha value is -0.650. The average molecular weight is 187 g/mol. The third kappa shape index (κ3) is 3.30. The number of carbonyl (C=O) groups excluding carboxylic acids is 1. The number of nitrogens with two attached hydrogens (primary N) is 1. The summed E-state index contributed by atoms with van der Waals surface area (Å²) < 4.78 is 0. The number of aliphatic hydroxyl groups excluding tert-OH is 1. The molecule has 76 valence electrons. The smallest absolute Gasteiger partial charge is 0.236 e. The van der Waals surface area contributed by atoms with Crippen LogP contribution in [0.25, 0.3) is 0 Å². The van der Waals surface area contributed by atoms with Gasteiger partial charge in [0.2, 0.25) is 5.91 Å². The van der Waals surface area contributed by atoms with Crippen molar-refractivity contribution in [3.63, 3.8) is 0 Å². The Bertz CT molecular complexity index is 175. The molecule has 0 bridgehead atoms. The zero-order valence-electron chi connectivity index (χ0n) is 7.70. The molecule has 1 amide bonds. The zero-order chi connectivity index (χ0) is 9.68. The summed E-state index contributed by atoms with van der Waals surface area (Å²) in [4.78, 5) is 13.0. The van der Waals surface area contributed by atoms with Crippen LogP contribution in [-0.2, 0) is 4.79 Å². The Kier molecular flexibility index (Phi) is 4.14. The molecule has 1 rings (SSSR count). The fourth-order valence-electron chi connectivity index (χ4n) is 1.30. The average Bonchev–Trinajstić information content (AvgIpc) is 2.16. The van der Waals surface area contributed by atoms with Crippen molar-refractivity contribution in [2.45, 2.75) is 12.5 Å². The normalized spacial score (nSPS) is 20.5. The predicted octanol–water partition coefficient (Wildman–Crippen LogP) is -1.87. The summed E-state index contributed by atoms with van der Waals surface area (Å²) in [7, 11) is 0. The molecule has 0 radical (unpaired) electrons. The maximum atomic E-state index is 11.3. The van der Waals surface area contributed by atoms with E-state index in [1.165, 1.54) is 0 Å². The summed E-state index contributed by atoms with van der Waals surface area (Å²) in [5, 5.41) is 11.7. The minimum absolute atomic E-state index is 0.0136. The summed E-state index contributed by atoms with van der Waals surface area (Å²) >= 11 is 0. The number of carbonyl (C=O) groups is 1. The van der Waals surface area contributed by atoms with Crippen molar-refractivity contribution in [2.75, 3.05) is 32.8 Å². The molecule has 1 saturated heterocycles. The first-order valence-electron chi connectivity index (χ1n) is 4.59.